The molecular weight excluding hydrogens is 901 g/mol. The number of aromatic nitrogens is 6. The first kappa shape index (κ1) is 46.8. The van der Waals surface area contributed by atoms with Gasteiger partial charge in [-0.15, -0.1) is 0 Å². The molecule has 0 aromatic carbocycles. The average Bonchev–Trinajstić information content (AvgIpc) is 3.95. The molecule has 2 atom stereocenters. The number of nitrogens with one attached hydrogen (secondary N) is 6. The average molecular weight is 957 g/mol. The predicted molar refractivity (Wildman–Crippen MR) is 264 cm³/mol. The van der Waals surface area contributed by atoms with Crippen molar-refractivity contribution in [3.05, 3.63) is 95.3 Å². The van der Waals surface area contributed by atoms with Gasteiger partial charge < -0.3 is 36.6 Å². The number of carbonyl (C=O) groups is 4. The van der Waals surface area contributed by atoms with Gasteiger partial charge in [-0.05, 0) is 101 Å². The molecule has 4 aliphatic rings. The molecule has 4 amide bonds. The van der Waals surface area contributed by atoms with E-state index in [4.69, 9.17) is 19.7 Å². The summed E-state index contributed by atoms with van der Waals surface area (Å²) in [6.07, 6.45) is 16.7. The van der Waals surface area contributed by atoms with Crippen molar-refractivity contribution in [3.8, 4) is 23.8 Å². The highest BCUT2D eigenvalue weighted by molar-refractivity contribution is 6.01. The molecule has 3 aliphatic carbocycles. The number of fused-ring (bicyclic) bond motifs is 2. The van der Waals surface area contributed by atoms with E-state index in [0.717, 1.165) is 80.7 Å². The van der Waals surface area contributed by atoms with E-state index in [1.165, 1.54) is 26.2 Å². The van der Waals surface area contributed by atoms with Crippen LogP contribution in [0.4, 0.5) is 11.4 Å². The summed E-state index contributed by atoms with van der Waals surface area (Å²) in [6, 6.07) is 15.6. The Hall–Kier alpha value is -7.90. The minimum atomic E-state index is -0.484. The van der Waals surface area contributed by atoms with Crippen molar-refractivity contribution in [2.45, 2.75) is 133 Å². The van der Waals surface area contributed by atoms with Crippen LogP contribution in [-0.4, -0.2) is 95.6 Å². The van der Waals surface area contributed by atoms with Gasteiger partial charge >= 0.3 is 0 Å². The molecule has 4 fully saturated rings. The van der Waals surface area contributed by atoms with Gasteiger partial charge in [0.05, 0.1) is 45.4 Å². The van der Waals surface area contributed by atoms with Crippen LogP contribution in [0.15, 0.2) is 67.4 Å². The lowest BCUT2D eigenvalue weighted by atomic mass is 9.91. The Morgan fingerprint density at radius 3 is 1.65 bits per heavy atom. The molecule has 3 saturated carbocycles. The van der Waals surface area contributed by atoms with Gasteiger partial charge in [-0.2, -0.15) is 10.5 Å². The Morgan fingerprint density at radius 1 is 0.577 bits per heavy atom. The Labute approximate surface area is 410 Å². The van der Waals surface area contributed by atoms with Gasteiger partial charge in [0.15, 0.2) is 0 Å². The van der Waals surface area contributed by atoms with Gasteiger partial charge in [0.1, 0.15) is 35.1 Å². The number of carbonyl (C=O) groups excluding carboxylic acids is 4. The van der Waals surface area contributed by atoms with Crippen molar-refractivity contribution in [1.82, 2.24) is 50.3 Å². The van der Waals surface area contributed by atoms with Crippen molar-refractivity contribution in [2.24, 2.45) is 0 Å². The molecule has 19 nitrogen and oxygen atoms in total. The number of nitriles is 2. The van der Waals surface area contributed by atoms with E-state index in [-0.39, 0.29) is 59.9 Å². The Balaban J connectivity index is 0.943. The molecule has 1 saturated heterocycles. The molecular formula is C52H56N14O5. The third-order valence-corrected chi connectivity index (χ3v) is 14.0. The van der Waals surface area contributed by atoms with E-state index in [0.29, 0.717) is 76.0 Å². The maximum atomic E-state index is 14.2. The van der Waals surface area contributed by atoms with Crippen molar-refractivity contribution in [2.75, 3.05) is 17.2 Å². The van der Waals surface area contributed by atoms with Crippen LogP contribution in [0, 0.1) is 22.7 Å². The predicted octanol–water partition coefficient (Wildman–Crippen LogP) is 6.16. The second-order valence-electron chi connectivity index (χ2n) is 19.4. The van der Waals surface area contributed by atoms with Crippen molar-refractivity contribution < 1.29 is 23.9 Å². The zero-order valence-corrected chi connectivity index (χ0v) is 39.7. The van der Waals surface area contributed by atoms with Crippen LogP contribution in [0.25, 0.3) is 33.7 Å². The third kappa shape index (κ3) is 10.5. The molecule has 10 rings (SSSR count). The highest BCUT2D eigenvalue weighted by Crippen LogP contribution is 2.37. The van der Waals surface area contributed by atoms with Crippen LogP contribution in [0.2, 0.25) is 0 Å². The highest BCUT2D eigenvalue weighted by Gasteiger charge is 2.32. The third-order valence-electron chi connectivity index (χ3n) is 14.0. The fourth-order valence-corrected chi connectivity index (χ4v) is 10.3. The summed E-state index contributed by atoms with van der Waals surface area (Å²) in [5.74, 6) is 0.470. The zero-order valence-electron chi connectivity index (χ0n) is 39.7. The summed E-state index contributed by atoms with van der Waals surface area (Å²) in [4.78, 5) is 70.5. The number of ether oxygens (including phenoxy) is 1. The lowest BCUT2D eigenvalue weighted by Gasteiger charge is -2.32. The lowest BCUT2D eigenvalue weighted by molar-refractivity contribution is -0.120. The minimum absolute atomic E-state index is 0.0275. The Bertz CT molecular complexity index is 3110. The minimum Gasteiger partial charge on any atom is -0.382 e. The number of hydrogen-bond donors (Lipinski definition) is 6. The van der Waals surface area contributed by atoms with Gasteiger partial charge in [0.2, 0.25) is 11.8 Å². The first-order chi connectivity index (χ1) is 34.5. The van der Waals surface area contributed by atoms with Gasteiger partial charge in [0.25, 0.3) is 11.8 Å². The summed E-state index contributed by atoms with van der Waals surface area (Å²) in [6.45, 7) is 3.43. The smallest absolute Gasteiger partial charge is 0.255 e. The van der Waals surface area contributed by atoms with Crippen LogP contribution >= 0.6 is 0 Å². The second kappa shape index (κ2) is 20.2. The van der Waals surface area contributed by atoms with Crippen molar-refractivity contribution in [1.29, 1.82) is 10.5 Å². The summed E-state index contributed by atoms with van der Waals surface area (Å²) in [5, 5.41) is 40.6. The quantitative estimate of drug-likeness (QED) is 0.0759. The molecule has 0 bridgehead atoms. The topological polar surface area (TPSA) is 259 Å². The van der Waals surface area contributed by atoms with E-state index in [1.54, 1.807) is 24.5 Å². The maximum Gasteiger partial charge on any atom is 0.255 e. The van der Waals surface area contributed by atoms with E-state index < -0.39 is 6.10 Å². The van der Waals surface area contributed by atoms with Gasteiger partial charge in [-0.3, -0.25) is 28.3 Å². The number of rotatable bonds is 13. The maximum absolute atomic E-state index is 14.2. The van der Waals surface area contributed by atoms with Crippen LogP contribution in [0.3, 0.4) is 0 Å². The normalized spacial score (nSPS) is 22.1. The summed E-state index contributed by atoms with van der Waals surface area (Å²) in [5.41, 5.74) is 4.85. The number of amides is 4. The molecule has 364 valence electrons. The first-order valence-electron chi connectivity index (χ1n) is 24.6. The van der Waals surface area contributed by atoms with Gasteiger partial charge in [0, 0.05) is 111 Å². The summed E-state index contributed by atoms with van der Waals surface area (Å²) in [7, 11) is 0. The standard InChI is InChI=1S/C52H56N14O5/c1-29(67)59-35-3-9-38(10-4-35)63-51(69)41-27-55-47(65-15-13-33-17-31(23-53)25-57-49(33)65)21-43(41)62-40-14-16-71-46(20-40)45-19-34-18-32(24-54)26-58-50(34)66(45)48-22-44(61-37-7-8-37)42(28-56-48)52(70)64-39-11-5-36(6-12-39)60-30(2)68/h13,15,17-19,21-22,25-28,35-40,46H,3-12,14,16,20H2,1-2H3,(H,55,62)(H,56,61)(H,59,67)(H,60,68)(H,63,69)(H,64,70). The molecule has 0 spiro atoms. The molecule has 19 heteroatoms. The monoisotopic (exact) mass is 956 g/mol. The molecule has 6 aromatic heterocycles. The van der Waals surface area contributed by atoms with Crippen LogP contribution in [0.1, 0.15) is 135 Å². The van der Waals surface area contributed by atoms with Crippen molar-refractivity contribution >= 4 is 57.1 Å². The second-order valence-corrected chi connectivity index (χ2v) is 19.4. The van der Waals surface area contributed by atoms with Crippen LogP contribution in [-0.2, 0) is 14.3 Å². The first-order valence-corrected chi connectivity index (χ1v) is 24.6. The lowest BCUT2D eigenvalue weighted by Crippen LogP contribution is -2.43. The molecule has 6 N–H and O–H groups in total. The molecule has 1 aliphatic heterocycles. The summed E-state index contributed by atoms with van der Waals surface area (Å²) < 4.78 is 10.4. The highest BCUT2D eigenvalue weighted by atomic mass is 16.5. The Morgan fingerprint density at radius 2 is 1.08 bits per heavy atom. The molecule has 2 unspecified atom stereocenters. The van der Waals surface area contributed by atoms with Gasteiger partial charge in [-0.25, -0.2) is 19.9 Å². The number of pyridine rings is 4. The van der Waals surface area contributed by atoms with E-state index in [1.807, 2.05) is 39.6 Å². The van der Waals surface area contributed by atoms with E-state index in [9.17, 15) is 29.7 Å². The Kier molecular flexibility index (Phi) is 13.3. The van der Waals surface area contributed by atoms with Crippen molar-refractivity contribution in [3.63, 3.8) is 0 Å². The fourth-order valence-electron chi connectivity index (χ4n) is 10.3. The SMILES string of the molecule is CC(=O)NC1CCC(NC(=O)c2cnc(-n3c(C4CC(Nc5cc(-n6ccc7cc(C#N)cnc76)ncc5C(=O)NC5CCC(NC(C)=O)CC5)CCO4)cc4cc(C#N)cnc43)cc2NC2CC2)CC1. The largest absolute Gasteiger partial charge is 0.382 e. The van der Waals surface area contributed by atoms with Crippen LogP contribution in [0.5, 0.6) is 0 Å². The van der Waals surface area contributed by atoms with Crippen LogP contribution < -0.4 is 31.9 Å². The number of nitrogens with zero attached hydrogens (tertiary/aromatic N) is 8. The van der Waals surface area contributed by atoms with E-state index >= 15 is 0 Å². The number of hydrogen-bond acceptors (Lipinski definition) is 13. The van der Waals surface area contributed by atoms with Gasteiger partial charge in [-0.1, -0.05) is 0 Å². The van der Waals surface area contributed by atoms with E-state index in [2.05, 4.69) is 49.0 Å². The zero-order chi connectivity index (χ0) is 49.2. The summed E-state index contributed by atoms with van der Waals surface area (Å²) >= 11 is 0. The molecule has 6 aromatic rings. The number of anilines is 2. The molecule has 71 heavy (non-hydrogen) atoms. The molecule has 0 radical (unpaired) electrons. The fraction of sp³-hybridized carbons (Fsp3) is 0.423. The molecule has 7 heterocycles.